The number of amides is 1. The van der Waals surface area contributed by atoms with Crippen molar-refractivity contribution in [2.45, 2.75) is 19.4 Å². The van der Waals surface area contributed by atoms with Gasteiger partial charge in [0.1, 0.15) is 5.82 Å². The van der Waals surface area contributed by atoms with E-state index in [4.69, 9.17) is 0 Å². The van der Waals surface area contributed by atoms with Crippen LogP contribution in [0.4, 0.5) is 4.39 Å². The lowest BCUT2D eigenvalue weighted by Crippen LogP contribution is -2.42. The zero-order valence-electron chi connectivity index (χ0n) is 10.8. The quantitative estimate of drug-likeness (QED) is 0.861. The molecule has 1 aromatic carbocycles. The molecule has 0 spiro atoms. The van der Waals surface area contributed by atoms with Crippen molar-refractivity contribution >= 4 is 17.7 Å². The van der Waals surface area contributed by atoms with Crippen LogP contribution >= 0.6 is 11.8 Å². The molecule has 0 saturated carbocycles. The van der Waals surface area contributed by atoms with Crippen molar-refractivity contribution in [3.63, 3.8) is 0 Å². The highest BCUT2D eigenvalue weighted by molar-refractivity contribution is 7.98. The van der Waals surface area contributed by atoms with Gasteiger partial charge in [0.15, 0.2) is 0 Å². The van der Waals surface area contributed by atoms with Gasteiger partial charge < -0.3 is 10.4 Å². The van der Waals surface area contributed by atoms with Crippen molar-refractivity contribution in [1.82, 2.24) is 5.32 Å². The fourth-order valence-corrected chi connectivity index (χ4v) is 2.19. The van der Waals surface area contributed by atoms with Crippen molar-refractivity contribution in [3.05, 3.63) is 35.1 Å². The van der Waals surface area contributed by atoms with E-state index in [0.717, 1.165) is 0 Å². The van der Waals surface area contributed by atoms with Gasteiger partial charge in [-0.3, -0.25) is 4.79 Å². The number of rotatable bonds is 5. The van der Waals surface area contributed by atoms with Crippen LogP contribution in [0.5, 0.6) is 0 Å². The predicted octanol–water partition coefficient (Wildman–Crippen LogP) is 1.98. The number of carbonyl (C=O) groups is 1. The monoisotopic (exact) mass is 271 g/mol. The fourth-order valence-electron chi connectivity index (χ4n) is 1.47. The Morgan fingerprint density at radius 1 is 1.56 bits per heavy atom. The Morgan fingerprint density at radius 3 is 2.78 bits per heavy atom. The third kappa shape index (κ3) is 4.31. The van der Waals surface area contributed by atoms with E-state index in [2.05, 4.69) is 5.32 Å². The summed E-state index contributed by atoms with van der Waals surface area (Å²) < 4.78 is 13.3. The van der Waals surface area contributed by atoms with Gasteiger partial charge in [0.25, 0.3) is 5.91 Å². The number of aryl methyl sites for hydroxylation is 1. The van der Waals surface area contributed by atoms with E-state index in [-0.39, 0.29) is 18.0 Å². The van der Waals surface area contributed by atoms with Crippen molar-refractivity contribution < 1.29 is 14.3 Å². The Balaban J connectivity index is 2.63. The molecule has 0 aliphatic rings. The van der Waals surface area contributed by atoms with Crippen LogP contribution in [0.15, 0.2) is 18.2 Å². The number of nitrogens with one attached hydrogen (secondary N) is 1. The van der Waals surface area contributed by atoms with Gasteiger partial charge in [-0.25, -0.2) is 4.39 Å². The third-order valence-corrected chi connectivity index (χ3v) is 3.43. The molecule has 1 unspecified atom stereocenters. The Hall–Kier alpha value is -1.07. The molecular weight excluding hydrogens is 253 g/mol. The molecule has 100 valence electrons. The predicted molar refractivity (Wildman–Crippen MR) is 72.5 cm³/mol. The highest BCUT2D eigenvalue weighted by Crippen LogP contribution is 2.11. The van der Waals surface area contributed by atoms with Crippen LogP contribution in [0.2, 0.25) is 0 Å². The molecule has 0 fully saturated rings. The summed E-state index contributed by atoms with van der Waals surface area (Å²) in [7, 11) is 0. The minimum absolute atomic E-state index is 0.141. The van der Waals surface area contributed by atoms with Crippen LogP contribution in [0.3, 0.4) is 0 Å². The Kier molecular flexibility index (Phi) is 5.16. The van der Waals surface area contributed by atoms with E-state index in [9.17, 15) is 14.3 Å². The molecule has 0 saturated heterocycles. The summed E-state index contributed by atoms with van der Waals surface area (Å²) in [5.41, 5.74) is -0.197. The number of hydrogen-bond donors (Lipinski definition) is 2. The van der Waals surface area contributed by atoms with Crippen molar-refractivity contribution in [2.24, 2.45) is 0 Å². The topological polar surface area (TPSA) is 49.3 Å². The molecule has 0 aromatic heterocycles. The van der Waals surface area contributed by atoms with Crippen LogP contribution in [0, 0.1) is 12.7 Å². The van der Waals surface area contributed by atoms with Gasteiger partial charge in [0.2, 0.25) is 0 Å². The number of thioether (sulfide) groups is 1. The smallest absolute Gasteiger partial charge is 0.251 e. The van der Waals surface area contributed by atoms with E-state index in [0.29, 0.717) is 11.3 Å². The minimum Gasteiger partial charge on any atom is -0.387 e. The van der Waals surface area contributed by atoms with Crippen LogP contribution in [-0.4, -0.2) is 35.2 Å². The molecule has 1 aromatic rings. The minimum atomic E-state index is -0.960. The van der Waals surface area contributed by atoms with E-state index in [1.165, 1.54) is 17.8 Å². The normalized spacial score (nSPS) is 14.1. The lowest BCUT2D eigenvalue weighted by atomic mass is 10.1. The van der Waals surface area contributed by atoms with E-state index in [1.54, 1.807) is 26.0 Å². The molecular formula is C13H18FNO2S. The largest absolute Gasteiger partial charge is 0.387 e. The molecule has 0 aliphatic carbocycles. The Bertz CT molecular complexity index is 435. The average Bonchev–Trinajstić information content (AvgIpc) is 2.30. The molecule has 1 rings (SSSR count). The molecule has 1 atom stereocenters. The van der Waals surface area contributed by atoms with Crippen molar-refractivity contribution in [3.8, 4) is 0 Å². The maximum absolute atomic E-state index is 13.3. The number of hydrogen-bond acceptors (Lipinski definition) is 3. The summed E-state index contributed by atoms with van der Waals surface area (Å²) >= 11 is 1.50. The molecule has 3 nitrogen and oxygen atoms in total. The SMILES string of the molecule is CSCC(C)(O)CNC(=O)c1ccc(C)c(F)c1. The van der Waals surface area contributed by atoms with E-state index >= 15 is 0 Å². The van der Waals surface area contributed by atoms with Crippen LogP contribution < -0.4 is 5.32 Å². The molecule has 5 heteroatoms. The van der Waals surface area contributed by atoms with Gasteiger partial charge in [0, 0.05) is 17.9 Å². The summed E-state index contributed by atoms with van der Waals surface area (Å²) in [6.45, 7) is 3.43. The first-order valence-corrected chi connectivity index (χ1v) is 7.01. The summed E-state index contributed by atoms with van der Waals surface area (Å²) in [5.74, 6) is -0.260. The fraction of sp³-hybridized carbons (Fsp3) is 0.462. The zero-order valence-corrected chi connectivity index (χ0v) is 11.6. The van der Waals surface area contributed by atoms with Gasteiger partial charge in [-0.05, 0) is 37.8 Å². The maximum Gasteiger partial charge on any atom is 0.251 e. The first-order chi connectivity index (χ1) is 8.35. The number of aliphatic hydroxyl groups is 1. The van der Waals surface area contributed by atoms with Crippen molar-refractivity contribution in [1.29, 1.82) is 0 Å². The summed E-state index contributed by atoms with van der Waals surface area (Å²) in [6.07, 6.45) is 1.88. The Labute approximate surface area is 111 Å². The third-order valence-electron chi connectivity index (χ3n) is 2.52. The molecule has 0 aliphatic heterocycles. The highest BCUT2D eigenvalue weighted by atomic mass is 32.2. The molecule has 2 N–H and O–H groups in total. The first-order valence-electron chi connectivity index (χ1n) is 5.61. The van der Waals surface area contributed by atoms with Gasteiger partial charge in [-0.1, -0.05) is 6.07 Å². The molecule has 0 heterocycles. The van der Waals surface area contributed by atoms with Gasteiger partial charge in [0.05, 0.1) is 5.60 Å². The molecule has 0 bridgehead atoms. The average molecular weight is 271 g/mol. The zero-order chi connectivity index (χ0) is 13.8. The molecule has 18 heavy (non-hydrogen) atoms. The standard InChI is InChI=1S/C13H18FNO2S/c1-9-4-5-10(6-11(9)14)12(16)15-7-13(2,17)8-18-3/h4-6,17H,7-8H2,1-3H3,(H,15,16). The second-order valence-corrected chi connectivity index (χ2v) is 5.44. The van der Waals surface area contributed by atoms with Crippen LogP contribution in [-0.2, 0) is 0 Å². The first kappa shape index (κ1) is 15.0. The maximum atomic E-state index is 13.3. The van der Waals surface area contributed by atoms with Crippen LogP contribution in [0.1, 0.15) is 22.8 Å². The number of benzene rings is 1. The van der Waals surface area contributed by atoms with E-state index in [1.807, 2.05) is 6.26 Å². The van der Waals surface area contributed by atoms with Crippen LogP contribution in [0.25, 0.3) is 0 Å². The highest BCUT2D eigenvalue weighted by Gasteiger charge is 2.20. The molecule has 0 radical (unpaired) electrons. The Morgan fingerprint density at radius 2 is 2.22 bits per heavy atom. The summed E-state index contributed by atoms with van der Waals surface area (Å²) in [4.78, 5) is 11.8. The number of halogens is 1. The van der Waals surface area contributed by atoms with Crippen molar-refractivity contribution in [2.75, 3.05) is 18.6 Å². The summed E-state index contributed by atoms with van der Waals surface area (Å²) in [6, 6.07) is 4.33. The van der Waals surface area contributed by atoms with Gasteiger partial charge >= 0.3 is 0 Å². The molecule has 1 amide bonds. The lowest BCUT2D eigenvalue weighted by molar-refractivity contribution is 0.0725. The van der Waals surface area contributed by atoms with E-state index < -0.39 is 11.4 Å². The number of carbonyl (C=O) groups excluding carboxylic acids is 1. The second kappa shape index (κ2) is 6.20. The van der Waals surface area contributed by atoms with Gasteiger partial charge in [-0.2, -0.15) is 11.8 Å². The summed E-state index contributed by atoms with van der Waals surface area (Å²) in [5, 5.41) is 12.5. The second-order valence-electron chi connectivity index (χ2n) is 4.58. The van der Waals surface area contributed by atoms with Gasteiger partial charge in [-0.15, -0.1) is 0 Å². The lowest BCUT2D eigenvalue weighted by Gasteiger charge is -2.22.